The minimum Gasteiger partial charge on any atom is -0.494 e. The molecule has 0 aliphatic carbocycles. The van der Waals surface area contributed by atoms with Gasteiger partial charge in [0.2, 0.25) is 0 Å². The Kier molecular flexibility index (Phi) is 5.18. The van der Waals surface area contributed by atoms with Crippen molar-refractivity contribution in [3.05, 3.63) is 47.8 Å². The first-order valence-electron chi connectivity index (χ1n) is 7.21. The van der Waals surface area contributed by atoms with Gasteiger partial charge in [0.05, 0.1) is 13.2 Å². The molecule has 2 rings (SSSR count). The van der Waals surface area contributed by atoms with Gasteiger partial charge in [-0.3, -0.25) is 4.68 Å². The topological polar surface area (TPSA) is 39.1 Å². The highest BCUT2D eigenvalue weighted by molar-refractivity contribution is 5.38. The van der Waals surface area contributed by atoms with Crippen molar-refractivity contribution < 1.29 is 4.74 Å². The zero-order valence-corrected chi connectivity index (χ0v) is 12.5. The second kappa shape index (κ2) is 7.10. The Bertz CT molecular complexity index is 523. The van der Waals surface area contributed by atoms with Crippen LogP contribution < -0.4 is 10.1 Å². The Hall–Kier alpha value is -1.81. The third-order valence-electron chi connectivity index (χ3n) is 3.29. The summed E-state index contributed by atoms with van der Waals surface area (Å²) in [5.41, 5.74) is 2.44. The highest BCUT2D eigenvalue weighted by Crippen LogP contribution is 2.24. The molecule has 4 heteroatoms. The fraction of sp³-hybridized carbons (Fsp3) is 0.438. The van der Waals surface area contributed by atoms with E-state index in [0.717, 1.165) is 24.4 Å². The Morgan fingerprint density at radius 3 is 2.85 bits per heavy atom. The molecule has 4 nitrogen and oxygen atoms in total. The van der Waals surface area contributed by atoms with E-state index in [9.17, 15) is 0 Å². The van der Waals surface area contributed by atoms with Crippen LogP contribution in [0.2, 0.25) is 0 Å². The van der Waals surface area contributed by atoms with Crippen molar-refractivity contribution in [1.29, 1.82) is 0 Å². The van der Waals surface area contributed by atoms with Crippen molar-refractivity contribution in [2.24, 2.45) is 0 Å². The second-order valence-corrected chi connectivity index (χ2v) is 4.78. The van der Waals surface area contributed by atoms with Gasteiger partial charge in [0.25, 0.3) is 0 Å². The molecule has 0 amide bonds. The molecule has 0 radical (unpaired) electrons. The summed E-state index contributed by atoms with van der Waals surface area (Å²) in [6.07, 6.45) is 3.77. The van der Waals surface area contributed by atoms with E-state index in [-0.39, 0.29) is 0 Å². The molecule has 1 aromatic carbocycles. The van der Waals surface area contributed by atoms with Crippen LogP contribution in [-0.2, 0) is 6.54 Å². The molecule has 1 N–H and O–H groups in total. The number of benzene rings is 1. The predicted molar refractivity (Wildman–Crippen MR) is 81.0 cm³/mol. The number of nitrogens with zero attached hydrogens (tertiary/aromatic N) is 2. The minimum atomic E-state index is 0.340. The van der Waals surface area contributed by atoms with Gasteiger partial charge in [-0.1, -0.05) is 13.0 Å². The van der Waals surface area contributed by atoms with Gasteiger partial charge in [-0.05, 0) is 44.2 Å². The zero-order chi connectivity index (χ0) is 14.4. The van der Waals surface area contributed by atoms with E-state index in [1.807, 2.05) is 23.9 Å². The maximum Gasteiger partial charge on any atom is 0.124 e. The SMILES string of the molecule is CCNC(C)c1ccc(OCC)c(Cn2cccn2)c1. The number of hydrogen-bond acceptors (Lipinski definition) is 3. The van der Waals surface area contributed by atoms with Crippen molar-refractivity contribution in [3.63, 3.8) is 0 Å². The number of nitrogens with one attached hydrogen (secondary N) is 1. The Morgan fingerprint density at radius 1 is 1.35 bits per heavy atom. The summed E-state index contributed by atoms with van der Waals surface area (Å²) >= 11 is 0. The monoisotopic (exact) mass is 273 g/mol. The minimum absolute atomic E-state index is 0.340. The van der Waals surface area contributed by atoms with Crippen LogP contribution in [0.5, 0.6) is 5.75 Å². The van der Waals surface area contributed by atoms with Crippen LogP contribution in [0.25, 0.3) is 0 Å². The average Bonchev–Trinajstić information content (AvgIpc) is 2.94. The summed E-state index contributed by atoms with van der Waals surface area (Å²) in [6, 6.07) is 8.68. The van der Waals surface area contributed by atoms with E-state index in [1.54, 1.807) is 6.20 Å². The van der Waals surface area contributed by atoms with Gasteiger partial charge < -0.3 is 10.1 Å². The summed E-state index contributed by atoms with van der Waals surface area (Å²) in [6.45, 7) is 8.67. The Balaban J connectivity index is 2.26. The first-order chi connectivity index (χ1) is 9.74. The van der Waals surface area contributed by atoms with Gasteiger partial charge in [0, 0.05) is 24.0 Å². The smallest absolute Gasteiger partial charge is 0.124 e. The molecule has 20 heavy (non-hydrogen) atoms. The lowest BCUT2D eigenvalue weighted by molar-refractivity contribution is 0.335. The molecule has 2 aromatic rings. The lowest BCUT2D eigenvalue weighted by Gasteiger charge is -2.17. The molecule has 0 fully saturated rings. The van der Waals surface area contributed by atoms with Crippen molar-refractivity contribution in [3.8, 4) is 5.75 Å². The molecular weight excluding hydrogens is 250 g/mol. The molecule has 1 heterocycles. The number of rotatable bonds is 7. The summed E-state index contributed by atoms with van der Waals surface area (Å²) in [5.74, 6) is 0.940. The molecule has 0 spiro atoms. The highest BCUT2D eigenvalue weighted by atomic mass is 16.5. The average molecular weight is 273 g/mol. The molecule has 0 aliphatic heterocycles. The fourth-order valence-electron chi connectivity index (χ4n) is 2.28. The maximum absolute atomic E-state index is 5.72. The molecule has 0 saturated heterocycles. The largest absolute Gasteiger partial charge is 0.494 e. The van der Waals surface area contributed by atoms with Gasteiger partial charge in [-0.2, -0.15) is 5.10 Å². The second-order valence-electron chi connectivity index (χ2n) is 4.78. The fourth-order valence-corrected chi connectivity index (χ4v) is 2.28. The molecule has 0 bridgehead atoms. The quantitative estimate of drug-likeness (QED) is 0.843. The Morgan fingerprint density at radius 2 is 2.20 bits per heavy atom. The normalized spacial score (nSPS) is 12.3. The first-order valence-corrected chi connectivity index (χ1v) is 7.21. The molecule has 1 aromatic heterocycles. The van der Waals surface area contributed by atoms with E-state index in [2.05, 4.69) is 42.5 Å². The molecule has 0 aliphatic rings. The molecule has 108 valence electrons. The van der Waals surface area contributed by atoms with Crippen LogP contribution in [0.1, 0.15) is 37.9 Å². The van der Waals surface area contributed by atoms with Crippen molar-refractivity contribution in [1.82, 2.24) is 15.1 Å². The van der Waals surface area contributed by atoms with E-state index in [0.29, 0.717) is 12.6 Å². The van der Waals surface area contributed by atoms with Gasteiger partial charge in [0.1, 0.15) is 5.75 Å². The van der Waals surface area contributed by atoms with Crippen LogP contribution in [0.3, 0.4) is 0 Å². The Labute approximate surface area is 120 Å². The summed E-state index contributed by atoms with van der Waals surface area (Å²) in [5, 5.41) is 7.71. The van der Waals surface area contributed by atoms with E-state index < -0.39 is 0 Å². The number of hydrogen-bond donors (Lipinski definition) is 1. The van der Waals surface area contributed by atoms with Gasteiger partial charge in [-0.25, -0.2) is 0 Å². The van der Waals surface area contributed by atoms with Crippen molar-refractivity contribution in [2.45, 2.75) is 33.4 Å². The van der Waals surface area contributed by atoms with E-state index >= 15 is 0 Å². The van der Waals surface area contributed by atoms with Crippen molar-refractivity contribution >= 4 is 0 Å². The number of aromatic nitrogens is 2. The van der Waals surface area contributed by atoms with Crippen LogP contribution in [-0.4, -0.2) is 22.9 Å². The standard InChI is InChI=1S/C16H23N3O/c1-4-17-13(3)14-7-8-16(20-5-2)15(11-14)12-19-10-6-9-18-19/h6-11,13,17H,4-5,12H2,1-3H3. The van der Waals surface area contributed by atoms with Gasteiger partial charge in [-0.15, -0.1) is 0 Å². The molecule has 1 unspecified atom stereocenters. The molecular formula is C16H23N3O. The van der Waals surface area contributed by atoms with Crippen LogP contribution in [0, 0.1) is 0 Å². The maximum atomic E-state index is 5.72. The lowest BCUT2D eigenvalue weighted by atomic mass is 10.0. The summed E-state index contributed by atoms with van der Waals surface area (Å²) in [4.78, 5) is 0. The molecule has 1 atom stereocenters. The predicted octanol–water partition coefficient (Wildman–Crippen LogP) is 3.00. The lowest BCUT2D eigenvalue weighted by Crippen LogP contribution is -2.18. The third kappa shape index (κ3) is 3.61. The van der Waals surface area contributed by atoms with E-state index in [4.69, 9.17) is 4.74 Å². The van der Waals surface area contributed by atoms with Crippen LogP contribution in [0.4, 0.5) is 0 Å². The van der Waals surface area contributed by atoms with Crippen LogP contribution in [0.15, 0.2) is 36.7 Å². The summed E-state index contributed by atoms with van der Waals surface area (Å²) < 4.78 is 7.64. The van der Waals surface area contributed by atoms with Gasteiger partial charge in [0.15, 0.2) is 0 Å². The zero-order valence-electron chi connectivity index (χ0n) is 12.5. The van der Waals surface area contributed by atoms with Crippen molar-refractivity contribution in [2.75, 3.05) is 13.2 Å². The summed E-state index contributed by atoms with van der Waals surface area (Å²) in [7, 11) is 0. The number of ether oxygens (including phenoxy) is 1. The third-order valence-corrected chi connectivity index (χ3v) is 3.29. The van der Waals surface area contributed by atoms with E-state index in [1.165, 1.54) is 5.56 Å². The van der Waals surface area contributed by atoms with Gasteiger partial charge >= 0.3 is 0 Å². The highest BCUT2D eigenvalue weighted by Gasteiger charge is 2.10. The van der Waals surface area contributed by atoms with Crippen LogP contribution >= 0.6 is 0 Å². The first kappa shape index (κ1) is 14.6. The molecule has 0 saturated carbocycles.